The van der Waals surface area contributed by atoms with E-state index in [-0.39, 0.29) is 28.4 Å². The topological polar surface area (TPSA) is 127 Å². The van der Waals surface area contributed by atoms with Crippen LogP contribution in [0.15, 0.2) is 101 Å². The third-order valence-electron chi connectivity index (χ3n) is 5.72. The van der Waals surface area contributed by atoms with Crippen molar-refractivity contribution in [3.63, 3.8) is 0 Å². The zero-order valence-electron chi connectivity index (χ0n) is 21.3. The number of hydrogen-bond acceptors (Lipinski definition) is 7. The summed E-state index contributed by atoms with van der Waals surface area (Å²) >= 11 is 0. The van der Waals surface area contributed by atoms with E-state index in [2.05, 4.69) is 10.6 Å². The highest BCUT2D eigenvalue weighted by atomic mass is 32.2. The van der Waals surface area contributed by atoms with Crippen LogP contribution in [0.25, 0.3) is 0 Å². The maximum atomic E-state index is 13.6. The monoisotopic (exact) mass is 549 g/mol. The molecular weight excluding hydrogens is 522 g/mol. The molecule has 10 nitrogen and oxygen atoms in total. The molecule has 0 radical (unpaired) electrons. The lowest BCUT2D eigenvalue weighted by Crippen LogP contribution is -2.38. The summed E-state index contributed by atoms with van der Waals surface area (Å²) in [6.07, 6.45) is 1.50. The molecule has 0 aliphatic rings. The highest BCUT2D eigenvalue weighted by molar-refractivity contribution is 7.92. The van der Waals surface area contributed by atoms with Gasteiger partial charge in [-0.1, -0.05) is 30.3 Å². The minimum atomic E-state index is -4.16. The van der Waals surface area contributed by atoms with Gasteiger partial charge < -0.3 is 24.5 Å². The first kappa shape index (κ1) is 27.3. The lowest BCUT2D eigenvalue weighted by Gasteiger charge is -2.25. The molecule has 0 fully saturated rings. The van der Waals surface area contributed by atoms with E-state index in [1.807, 2.05) is 0 Å². The van der Waals surface area contributed by atoms with Gasteiger partial charge in [-0.25, -0.2) is 8.42 Å². The van der Waals surface area contributed by atoms with Crippen LogP contribution < -0.4 is 24.4 Å². The lowest BCUT2D eigenvalue weighted by atomic mass is 10.1. The molecule has 0 saturated heterocycles. The number of nitrogens with zero attached hydrogens (tertiary/aromatic N) is 1. The van der Waals surface area contributed by atoms with Gasteiger partial charge in [0.15, 0.2) is 11.5 Å². The van der Waals surface area contributed by atoms with Crippen LogP contribution in [-0.2, 0) is 21.4 Å². The highest BCUT2D eigenvalue weighted by Crippen LogP contribution is 2.33. The van der Waals surface area contributed by atoms with Crippen molar-refractivity contribution in [3.05, 3.63) is 103 Å². The Morgan fingerprint density at radius 1 is 0.872 bits per heavy atom. The van der Waals surface area contributed by atoms with Crippen LogP contribution in [0.1, 0.15) is 16.1 Å². The minimum absolute atomic E-state index is 0.00490. The van der Waals surface area contributed by atoms with Gasteiger partial charge in [0.2, 0.25) is 5.91 Å². The second kappa shape index (κ2) is 12.2. The fourth-order valence-corrected chi connectivity index (χ4v) is 5.23. The summed E-state index contributed by atoms with van der Waals surface area (Å²) in [6, 6.07) is 22.2. The van der Waals surface area contributed by atoms with Crippen LogP contribution in [0, 0.1) is 0 Å². The van der Waals surface area contributed by atoms with Gasteiger partial charge in [-0.2, -0.15) is 0 Å². The van der Waals surface area contributed by atoms with Gasteiger partial charge in [0, 0.05) is 6.07 Å². The van der Waals surface area contributed by atoms with Gasteiger partial charge in [-0.05, 0) is 48.5 Å². The van der Waals surface area contributed by atoms with Crippen molar-refractivity contribution in [2.24, 2.45) is 0 Å². The molecule has 1 heterocycles. The van der Waals surface area contributed by atoms with Gasteiger partial charge in [0.05, 0.1) is 48.9 Å². The predicted octanol–water partition coefficient (Wildman–Crippen LogP) is 4.06. The van der Waals surface area contributed by atoms with E-state index in [0.717, 1.165) is 4.31 Å². The van der Waals surface area contributed by atoms with E-state index < -0.39 is 28.4 Å². The Labute approximate surface area is 226 Å². The second-order valence-corrected chi connectivity index (χ2v) is 10.1. The van der Waals surface area contributed by atoms with E-state index in [0.29, 0.717) is 17.3 Å². The van der Waals surface area contributed by atoms with E-state index in [9.17, 15) is 18.0 Å². The number of rotatable bonds is 11. The highest BCUT2D eigenvalue weighted by Gasteiger charge is 2.28. The van der Waals surface area contributed by atoms with E-state index in [1.165, 1.54) is 44.7 Å². The number of anilines is 2. The van der Waals surface area contributed by atoms with Crippen LogP contribution in [0.5, 0.6) is 11.5 Å². The van der Waals surface area contributed by atoms with E-state index in [1.54, 1.807) is 60.7 Å². The smallest absolute Gasteiger partial charge is 0.264 e. The van der Waals surface area contributed by atoms with E-state index in [4.69, 9.17) is 13.9 Å². The molecule has 0 spiro atoms. The number of methoxy groups -OCH3 is 2. The maximum Gasteiger partial charge on any atom is 0.264 e. The standard InChI is InChI=1S/C28H27N3O7S/c1-36-25-15-14-20(17-26(25)37-2)31(39(34,35)22-10-4-3-5-11-22)19-27(32)30-24-13-7-6-12-23(24)28(33)29-18-21-9-8-16-38-21/h3-17H,18-19H2,1-2H3,(H,29,33)(H,30,32). The number of amides is 2. The number of hydrogen-bond donors (Lipinski definition) is 2. The molecule has 4 rings (SSSR count). The van der Waals surface area contributed by atoms with Gasteiger partial charge in [0.25, 0.3) is 15.9 Å². The molecule has 0 atom stereocenters. The maximum absolute atomic E-state index is 13.6. The molecule has 2 amide bonds. The van der Waals surface area contributed by atoms with Crippen LogP contribution in [0.2, 0.25) is 0 Å². The largest absolute Gasteiger partial charge is 0.493 e. The van der Waals surface area contributed by atoms with Crippen molar-refractivity contribution in [2.45, 2.75) is 11.4 Å². The summed E-state index contributed by atoms with van der Waals surface area (Å²) < 4.78 is 44.1. The molecule has 3 aromatic carbocycles. The molecule has 202 valence electrons. The molecule has 11 heteroatoms. The quantitative estimate of drug-likeness (QED) is 0.289. The number of para-hydroxylation sites is 1. The number of carbonyl (C=O) groups is 2. The van der Waals surface area contributed by atoms with Crippen molar-refractivity contribution < 1.29 is 31.9 Å². The molecular formula is C28H27N3O7S. The molecule has 0 aliphatic carbocycles. The Hall–Kier alpha value is -4.77. The second-order valence-electron chi connectivity index (χ2n) is 8.22. The average molecular weight is 550 g/mol. The zero-order chi connectivity index (χ0) is 27.8. The predicted molar refractivity (Wildman–Crippen MR) is 145 cm³/mol. The van der Waals surface area contributed by atoms with Crippen LogP contribution in [0.3, 0.4) is 0 Å². The fourth-order valence-electron chi connectivity index (χ4n) is 3.80. The molecule has 0 unspecified atom stereocenters. The summed E-state index contributed by atoms with van der Waals surface area (Å²) in [5, 5.41) is 5.41. The molecule has 0 saturated carbocycles. The zero-order valence-corrected chi connectivity index (χ0v) is 22.1. The lowest BCUT2D eigenvalue weighted by molar-refractivity contribution is -0.114. The van der Waals surface area contributed by atoms with Crippen molar-refractivity contribution in [3.8, 4) is 11.5 Å². The molecule has 2 N–H and O–H groups in total. The first-order chi connectivity index (χ1) is 18.8. The number of ether oxygens (including phenoxy) is 2. The Morgan fingerprint density at radius 3 is 2.28 bits per heavy atom. The average Bonchev–Trinajstić information content (AvgIpc) is 3.49. The summed E-state index contributed by atoms with van der Waals surface area (Å²) in [5.74, 6) is 0.174. The SMILES string of the molecule is COc1ccc(N(CC(=O)Nc2ccccc2C(=O)NCc2ccco2)S(=O)(=O)c2ccccc2)cc1OC. The number of carbonyl (C=O) groups excluding carboxylic acids is 2. The number of nitrogens with one attached hydrogen (secondary N) is 2. The third kappa shape index (κ3) is 6.39. The van der Waals surface area contributed by atoms with Gasteiger partial charge in [-0.3, -0.25) is 13.9 Å². The first-order valence-corrected chi connectivity index (χ1v) is 13.3. The summed E-state index contributed by atoms with van der Waals surface area (Å²) in [7, 11) is -1.27. The minimum Gasteiger partial charge on any atom is -0.493 e. The number of furan rings is 1. The Bertz CT molecular complexity index is 1540. The molecule has 4 aromatic rings. The summed E-state index contributed by atoms with van der Waals surface area (Å²) in [6.45, 7) is -0.411. The van der Waals surface area contributed by atoms with Crippen LogP contribution >= 0.6 is 0 Å². The normalized spacial score (nSPS) is 10.9. The van der Waals surface area contributed by atoms with Crippen molar-refractivity contribution >= 4 is 33.2 Å². The Morgan fingerprint density at radius 2 is 1.59 bits per heavy atom. The van der Waals surface area contributed by atoms with Crippen molar-refractivity contribution in [2.75, 3.05) is 30.4 Å². The summed E-state index contributed by atoms with van der Waals surface area (Å²) in [4.78, 5) is 26.1. The Balaban J connectivity index is 1.61. The van der Waals surface area contributed by atoms with Crippen molar-refractivity contribution in [1.29, 1.82) is 0 Å². The van der Waals surface area contributed by atoms with Gasteiger partial charge in [0.1, 0.15) is 12.3 Å². The number of benzene rings is 3. The first-order valence-electron chi connectivity index (χ1n) is 11.8. The molecule has 39 heavy (non-hydrogen) atoms. The van der Waals surface area contributed by atoms with Crippen molar-refractivity contribution in [1.82, 2.24) is 5.32 Å². The van der Waals surface area contributed by atoms with Crippen LogP contribution in [0.4, 0.5) is 11.4 Å². The van der Waals surface area contributed by atoms with Crippen LogP contribution in [-0.4, -0.2) is 41.0 Å². The summed E-state index contributed by atoms with van der Waals surface area (Å²) in [5.41, 5.74) is 0.626. The fraction of sp³-hybridized carbons (Fsp3) is 0.143. The molecule has 0 aliphatic heterocycles. The Kier molecular flexibility index (Phi) is 8.52. The number of sulfonamides is 1. The van der Waals surface area contributed by atoms with Gasteiger partial charge >= 0.3 is 0 Å². The van der Waals surface area contributed by atoms with Gasteiger partial charge in [-0.15, -0.1) is 0 Å². The molecule has 0 bridgehead atoms. The molecule has 1 aromatic heterocycles. The third-order valence-corrected chi connectivity index (χ3v) is 7.51. The van der Waals surface area contributed by atoms with E-state index >= 15 is 0 Å².